The number of rotatable bonds is 15. The highest BCUT2D eigenvalue weighted by atomic mass is 16.5. The molecular formula is C51H61N7O8. The molecule has 0 unspecified atom stereocenters. The first kappa shape index (κ1) is 47.2. The van der Waals surface area contributed by atoms with Crippen LogP contribution in [0.15, 0.2) is 109 Å². The molecule has 3 aliphatic heterocycles. The zero-order chi connectivity index (χ0) is 46.8. The number of nitrogens with zero attached hydrogens (tertiary/aromatic N) is 3. The van der Waals surface area contributed by atoms with Crippen LogP contribution in [0.25, 0.3) is 0 Å². The molecule has 5 atom stereocenters. The number of amides is 6. The second kappa shape index (κ2) is 21.5. The molecule has 0 radical (unpaired) electrons. The average molecular weight is 900 g/mol. The Hall–Kier alpha value is -6.74. The lowest BCUT2D eigenvalue weighted by atomic mass is 9.85. The molecule has 0 bridgehead atoms. The second-order valence-corrected chi connectivity index (χ2v) is 18.2. The summed E-state index contributed by atoms with van der Waals surface area (Å²) in [6.07, 6.45) is 2.44. The third kappa shape index (κ3) is 11.7. The van der Waals surface area contributed by atoms with Crippen molar-refractivity contribution in [3.63, 3.8) is 0 Å². The number of carbonyl (C=O) groups excluding carboxylic acids is 6. The van der Waals surface area contributed by atoms with Gasteiger partial charge < -0.3 is 45.4 Å². The first-order chi connectivity index (χ1) is 31.8. The molecule has 0 aromatic heterocycles. The van der Waals surface area contributed by atoms with Crippen LogP contribution >= 0.6 is 0 Å². The van der Waals surface area contributed by atoms with Gasteiger partial charge in [0, 0.05) is 49.8 Å². The van der Waals surface area contributed by atoms with Gasteiger partial charge in [0.2, 0.25) is 29.5 Å². The molecule has 7 rings (SSSR count). The van der Waals surface area contributed by atoms with Gasteiger partial charge in [0.1, 0.15) is 30.3 Å². The molecule has 0 saturated carbocycles. The highest BCUT2D eigenvalue weighted by molar-refractivity contribution is 6.00. The van der Waals surface area contributed by atoms with E-state index in [1.807, 2.05) is 118 Å². The maximum absolute atomic E-state index is 14.1. The number of likely N-dealkylation sites (tertiary alicyclic amines) is 2. The summed E-state index contributed by atoms with van der Waals surface area (Å²) in [4.78, 5) is 85.8. The van der Waals surface area contributed by atoms with Gasteiger partial charge in [0.15, 0.2) is 0 Å². The SMILES string of the molecule is COC(=O)N[C@H](C(=O)N1CCC[C@H]1C(=O)Nc1ccc(CN(Cc2ccc(NC(=O)[C@@H]3CCCN3C(=O)[C@H](NC(=O)[C@@H]3CCCO3)c3ccccc3)cc2)c2ccccc2)cc1)C(C)(C)C. The molecule has 3 aliphatic rings. The maximum atomic E-state index is 14.1. The minimum atomic E-state index is -0.944. The van der Waals surface area contributed by atoms with Crippen molar-refractivity contribution >= 4 is 52.7 Å². The highest BCUT2D eigenvalue weighted by Crippen LogP contribution is 2.29. The molecule has 66 heavy (non-hydrogen) atoms. The van der Waals surface area contributed by atoms with Crippen LogP contribution in [0.2, 0.25) is 0 Å². The fourth-order valence-electron chi connectivity index (χ4n) is 8.87. The number of hydrogen-bond donors (Lipinski definition) is 4. The van der Waals surface area contributed by atoms with Crippen LogP contribution < -0.4 is 26.2 Å². The summed E-state index contributed by atoms with van der Waals surface area (Å²) in [6.45, 7) is 8.01. The third-order valence-electron chi connectivity index (χ3n) is 12.4. The van der Waals surface area contributed by atoms with Gasteiger partial charge in [-0.05, 0) is 97.0 Å². The quantitative estimate of drug-likeness (QED) is 0.103. The van der Waals surface area contributed by atoms with Crippen LogP contribution in [-0.2, 0) is 46.5 Å². The van der Waals surface area contributed by atoms with Crippen LogP contribution in [0, 0.1) is 5.41 Å². The molecule has 15 heteroatoms. The van der Waals surface area contributed by atoms with Crippen LogP contribution in [0.4, 0.5) is 21.9 Å². The maximum Gasteiger partial charge on any atom is 0.407 e. The van der Waals surface area contributed by atoms with E-state index in [1.54, 1.807) is 21.9 Å². The number of anilines is 3. The van der Waals surface area contributed by atoms with E-state index in [0.29, 0.717) is 81.8 Å². The Morgan fingerprint density at radius 1 is 0.652 bits per heavy atom. The largest absolute Gasteiger partial charge is 0.453 e. The molecule has 3 heterocycles. The molecule has 0 aliphatic carbocycles. The van der Waals surface area contributed by atoms with E-state index in [1.165, 1.54) is 7.11 Å². The molecule has 4 N–H and O–H groups in total. The van der Waals surface area contributed by atoms with Crippen molar-refractivity contribution in [3.05, 3.63) is 126 Å². The van der Waals surface area contributed by atoms with E-state index >= 15 is 0 Å². The normalized spacial score (nSPS) is 19.1. The third-order valence-corrected chi connectivity index (χ3v) is 12.4. The van der Waals surface area contributed by atoms with Crippen molar-refractivity contribution < 1.29 is 38.2 Å². The molecule has 6 amide bonds. The van der Waals surface area contributed by atoms with E-state index in [4.69, 9.17) is 9.47 Å². The van der Waals surface area contributed by atoms with E-state index in [2.05, 4.69) is 26.2 Å². The molecule has 4 aromatic rings. The van der Waals surface area contributed by atoms with Gasteiger partial charge in [-0.15, -0.1) is 0 Å². The number of alkyl carbamates (subject to hydrolysis) is 1. The van der Waals surface area contributed by atoms with Crippen LogP contribution in [0.3, 0.4) is 0 Å². The Balaban J connectivity index is 0.968. The van der Waals surface area contributed by atoms with Crippen molar-refractivity contribution in [2.75, 3.05) is 42.3 Å². The van der Waals surface area contributed by atoms with Crippen LogP contribution in [-0.4, -0.2) is 96.5 Å². The number of para-hydroxylation sites is 1. The fraction of sp³-hybridized carbons (Fsp3) is 0.412. The molecule has 3 saturated heterocycles. The minimum absolute atomic E-state index is 0.285. The lowest BCUT2D eigenvalue weighted by molar-refractivity contribution is -0.142. The summed E-state index contributed by atoms with van der Waals surface area (Å²) in [6, 6.07) is 31.3. The second-order valence-electron chi connectivity index (χ2n) is 18.2. The van der Waals surface area contributed by atoms with Gasteiger partial charge in [-0.1, -0.05) is 93.6 Å². The summed E-state index contributed by atoms with van der Waals surface area (Å²) in [7, 11) is 1.25. The smallest absolute Gasteiger partial charge is 0.407 e. The Morgan fingerprint density at radius 3 is 1.65 bits per heavy atom. The summed E-state index contributed by atoms with van der Waals surface area (Å²) in [5, 5.41) is 11.6. The number of carbonyl (C=O) groups is 6. The molecule has 15 nitrogen and oxygen atoms in total. The molecule has 4 aromatic carbocycles. The first-order valence-electron chi connectivity index (χ1n) is 22.8. The van der Waals surface area contributed by atoms with Crippen molar-refractivity contribution in [1.29, 1.82) is 0 Å². The van der Waals surface area contributed by atoms with Crippen molar-refractivity contribution in [2.45, 2.75) is 103 Å². The summed E-state index contributed by atoms with van der Waals surface area (Å²) < 4.78 is 10.3. The lowest BCUT2D eigenvalue weighted by Crippen LogP contribution is -2.57. The Labute approximate surface area is 386 Å². The first-order valence-corrected chi connectivity index (χ1v) is 22.8. The van der Waals surface area contributed by atoms with E-state index in [0.717, 1.165) is 23.2 Å². The van der Waals surface area contributed by atoms with Gasteiger partial charge in [-0.3, -0.25) is 24.0 Å². The van der Waals surface area contributed by atoms with Crippen LogP contribution in [0.5, 0.6) is 0 Å². The van der Waals surface area contributed by atoms with E-state index in [9.17, 15) is 28.8 Å². The number of ether oxygens (including phenoxy) is 2. The zero-order valence-electron chi connectivity index (χ0n) is 38.2. The number of nitrogens with one attached hydrogen (secondary N) is 4. The lowest BCUT2D eigenvalue weighted by Gasteiger charge is -2.35. The van der Waals surface area contributed by atoms with Crippen molar-refractivity contribution in [3.8, 4) is 0 Å². The monoisotopic (exact) mass is 899 g/mol. The van der Waals surface area contributed by atoms with Gasteiger partial charge in [-0.2, -0.15) is 0 Å². The van der Waals surface area contributed by atoms with Crippen molar-refractivity contribution in [2.24, 2.45) is 5.41 Å². The predicted molar refractivity (Wildman–Crippen MR) is 251 cm³/mol. The Morgan fingerprint density at radius 2 is 1.17 bits per heavy atom. The minimum Gasteiger partial charge on any atom is -0.453 e. The topological polar surface area (TPSA) is 179 Å². The highest BCUT2D eigenvalue weighted by Gasteiger charge is 2.43. The van der Waals surface area contributed by atoms with Crippen LogP contribution in [0.1, 0.15) is 82.0 Å². The molecule has 0 spiro atoms. The van der Waals surface area contributed by atoms with Gasteiger partial charge in [0.05, 0.1) is 7.11 Å². The summed E-state index contributed by atoms with van der Waals surface area (Å²) >= 11 is 0. The summed E-state index contributed by atoms with van der Waals surface area (Å²) in [5.41, 5.74) is 4.29. The average Bonchev–Trinajstić information content (AvgIpc) is 4.15. The van der Waals surface area contributed by atoms with Gasteiger partial charge >= 0.3 is 6.09 Å². The van der Waals surface area contributed by atoms with Crippen molar-refractivity contribution in [1.82, 2.24) is 20.4 Å². The molecule has 348 valence electrons. The zero-order valence-corrected chi connectivity index (χ0v) is 38.2. The summed E-state index contributed by atoms with van der Waals surface area (Å²) in [5.74, 6) is -1.55. The molecule has 3 fully saturated rings. The number of hydrogen-bond acceptors (Lipinski definition) is 9. The fourth-order valence-corrected chi connectivity index (χ4v) is 8.87. The molecular weight excluding hydrogens is 839 g/mol. The Bertz CT molecular complexity index is 2320. The van der Waals surface area contributed by atoms with E-state index in [-0.39, 0.29) is 29.5 Å². The van der Waals surface area contributed by atoms with Gasteiger partial charge in [-0.25, -0.2) is 4.79 Å². The standard InChI is InChI=1S/C51H61N7O8/c1-51(2,3)44(55-50(64)65-4)49(63)58-30-12-19-41(58)46(60)53-38-27-23-35(24-28-38)33-56(39-16-9-6-10-17-39)32-34-21-25-37(26-22-34)52-45(59)40-18-11-29-57(40)48(62)43(36-14-7-5-8-15-36)54-47(61)42-20-13-31-66-42/h5-10,14-17,21-28,40-44H,11-13,18-20,29-33H2,1-4H3,(H,52,59)(H,53,60)(H,54,61)(H,55,64)/t40-,41-,42-,43+,44+/m0/s1. The Kier molecular flexibility index (Phi) is 15.4. The van der Waals surface area contributed by atoms with Gasteiger partial charge in [0.25, 0.3) is 0 Å². The number of benzene rings is 4. The predicted octanol–water partition coefficient (Wildman–Crippen LogP) is 6.56. The number of methoxy groups -OCH3 is 1. The van der Waals surface area contributed by atoms with E-state index < -0.39 is 41.8 Å².